The largest absolute Gasteiger partial charge is 0.328 e. The molecule has 0 radical (unpaired) electrons. The summed E-state index contributed by atoms with van der Waals surface area (Å²) in [5.41, 5.74) is 2.17. The molecule has 3 aromatic heterocycles. The molecule has 0 saturated carbocycles. The number of nitro benzene ring substituents is 1. The average molecular weight is 459 g/mol. The van der Waals surface area contributed by atoms with Gasteiger partial charge in [0.05, 0.1) is 22.4 Å². The quantitative estimate of drug-likeness (QED) is 0.337. The lowest BCUT2D eigenvalue weighted by molar-refractivity contribution is -0.384. The van der Waals surface area contributed by atoms with Crippen molar-refractivity contribution in [3.05, 3.63) is 92.6 Å². The molecule has 1 aliphatic rings. The Balaban J connectivity index is 1.57. The molecule has 11 heteroatoms. The molecule has 33 heavy (non-hydrogen) atoms. The fourth-order valence-electron chi connectivity index (χ4n) is 3.67. The number of amides is 1. The maximum atomic E-state index is 13.3. The van der Waals surface area contributed by atoms with Crippen LogP contribution < -0.4 is 10.6 Å². The first-order chi connectivity index (χ1) is 16.0. The van der Waals surface area contributed by atoms with E-state index < -0.39 is 11.0 Å². The Morgan fingerprint density at radius 2 is 2.12 bits per heavy atom. The Morgan fingerprint density at radius 3 is 2.85 bits per heavy atom. The average Bonchev–Trinajstić information content (AvgIpc) is 3.49. The van der Waals surface area contributed by atoms with Crippen LogP contribution in [0.15, 0.2) is 77.6 Å². The molecule has 1 amide bonds. The summed E-state index contributed by atoms with van der Waals surface area (Å²) in [6, 6.07) is 13.0. The number of nitrogens with one attached hydrogen (secondary N) is 2. The number of carbonyl (C=O) groups excluding carboxylic acids is 1. The number of allylic oxidation sites excluding steroid dienone is 1. The van der Waals surface area contributed by atoms with E-state index in [2.05, 4.69) is 25.7 Å². The van der Waals surface area contributed by atoms with Crippen LogP contribution in [0.2, 0.25) is 0 Å². The van der Waals surface area contributed by atoms with E-state index in [1.54, 1.807) is 41.3 Å². The molecule has 1 aliphatic heterocycles. The van der Waals surface area contributed by atoms with E-state index >= 15 is 0 Å². The van der Waals surface area contributed by atoms with Crippen LogP contribution in [-0.4, -0.2) is 30.6 Å². The van der Waals surface area contributed by atoms with Gasteiger partial charge in [-0.05, 0) is 30.5 Å². The lowest BCUT2D eigenvalue weighted by Crippen LogP contribution is -2.31. The predicted octanol–water partition coefficient (Wildman–Crippen LogP) is 4.24. The van der Waals surface area contributed by atoms with Gasteiger partial charge in [-0.3, -0.25) is 19.9 Å². The third-order valence-electron chi connectivity index (χ3n) is 5.14. The number of anilines is 2. The van der Waals surface area contributed by atoms with Crippen LogP contribution in [0, 0.1) is 10.1 Å². The SMILES string of the molecule is CC1=C(C(=O)Nc2cccnc2)C(c2cccs2)n2nc(-c3cccc([N+](=O)[O-])c3)nc2N1. The second-order valence-electron chi connectivity index (χ2n) is 7.29. The highest BCUT2D eigenvalue weighted by molar-refractivity contribution is 7.10. The molecule has 1 atom stereocenters. The highest BCUT2D eigenvalue weighted by atomic mass is 32.1. The highest BCUT2D eigenvalue weighted by Crippen LogP contribution is 2.38. The first-order valence-electron chi connectivity index (χ1n) is 9.95. The van der Waals surface area contributed by atoms with Crippen LogP contribution in [0.25, 0.3) is 11.4 Å². The first kappa shape index (κ1) is 20.5. The van der Waals surface area contributed by atoms with Gasteiger partial charge in [0, 0.05) is 34.5 Å². The maximum absolute atomic E-state index is 13.3. The zero-order valence-electron chi connectivity index (χ0n) is 17.3. The van der Waals surface area contributed by atoms with Crippen molar-refractivity contribution in [3.63, 3.8) is 0 Å². The van der Waals surface area contributed by atoms with E-state index in [0.29, 0.717) is 34.3 Å². The highest BCUT2D eigenvalue weighted by Gasteiger charge is 2.35. The van der Waals surface area contributed by atoms with Gasteiger partial charge >= 0.3 is 0 Å². The predicted molar refractivity (Wildman–Crippen MR) is 124 cm³/mol. The second-order valence-corrected chi connectivity index (χ2v) is 8.27. The Kier molecular flexibility index (Phi) is 5.15. The summed E-state index contributed by atoms with van der Waals surface area (Å²) in [6.45, 7) is 1.81. The summed E-state index contributed by atoms with van der Waals surface area (Å²) < 4.78 is 1.64. The molecule has 4 heterocycles. The Morgan fingerprint density at radius 1 is 1.24 bits per heavy atom. The van der Waals surface area contributed by atoms with Gasteiger partial charge in [0.2, 0.25) is 5.95 Å². The van der Waals surface area contributed by atoms with Gasteiger partial charge in [0.1, 0.15) is 6.04 Å². The summed E-state index contributed by atoms with van der Waals surface area (Å²) in [6.07, 6.45) is 3.21. The van der Waals surface area contributed by atoms with Crippen molar-refractivity contribution < 1.29 is 9.72 Å². The lowest BCUT2D eigenvalue weighted by Gasteiger charge is -2.27. The van der Waals surface area contributed by atoms with E-state index in [-0.39, 0.29) is 11.6 Å². The summed E-state index contributed by atoms with van der Waals surface area (Å²) in [5, 5.41) is 23.8. The fourth-order valence-corrected chi connectivity index (χ4v) is 4.49. The van der Waals surface area contributed by atoms with E-state index in [0.717, 1.165) is 4.88 Å². The minimum atomic E-state index is -0.516. The molecule has 1 aromatic carbocycles. The van der Waals surface area contributed by atoms with Crippen LogP contribution in [0.1, 0.15) is 17.8 Å². The number of rotatable bonds is 5. The van der Waals surface area contributed by atoms with Crippen molar-refractivity contribution in [2.75, 3.05) is 10.6 Å². The lowest BCUT2D eigenvalue weighted by atomic mass is 10.0. The van der Waals surface area contributed by atoms with Crippen molar-refractivity contribution in [1.82, 2.24) is 19.7 Å². The number of nitrogens with zero attached hydrogens (tertiary/aromatic N) is 5. The molecular weight excluding hydrogens is 442 g/mol. The van der Waals surface area contributed by atoms with Crippen LogP contribution in [0.3, 0.4) is 0 Å². The topological polar surface area (TPSA) is 128 Å². The van der Waals surface area contributed by atoms with Gasteiger partial charge < -0.3 is 10.6 Å². The zero-order valence-corrected chi connectivity index (χ0v) is 18.1. The summed E-state index contributed by atoms with van der Waals surface area (Å²) >= 11 is 1.50. The molecule has 0 fully saturated rings. The molecule has 1 unspecified atom stereocenters. The van der Waals surface area contributed by atoms with Gasteiger partial charge in [0.15, 0.2) is 5.82 Å². The van der Waals surface area contributed by atoms with Gasteiger partial charge in [-0.2, -0.15) is 4.98 Å². The van der Waals surface area contributed by atoms with E-state index in [9.17, 15) is 14.9 Å². The third kappa shape index (κ3) is 3.85. The summed E-state index contributed by atoms with van der Waals surface area (Å²) in [5.74, 6) is 0.485. The first-order valence-corrected chi connectivity index (χ1v) is 10.8. The Labute approximate surface area is 191 Å². The van der Waals surface area contributed by atoms with Crippen LogP contribution in [-0.2, 0) is 4.79 Å². The molecule has 4 aromatic rings. The van der Waals surface area contributed by atoms with E-state index in [1.165, 1.54) is 23.5 Å². The summed E-state index contributed by atoms with van der Waals surface area (Å²) in [4.78, 5) is 33.6. The molecule has 10 nitrogen and oxygen atoms in total. The number of carbonyl (C=O) groups is 1. The number of hydrogen-bond acceptors (Lipinski definition) is 8. The number of nitro groups is 1. The number of hydrogen-bond donors (Lipinski definition) is 2. The number of pyridine rings is 1. The minimum absolute atomic E-state index is 0.0473. The van der Waals surface area contributed by atoms with Crippen LogP contribution >= 0.6 is 11.3 Å². The normalized spacial score (nSPS) is 15.0. The molecule has 0 spiro atoms. The number of aromatic nitrogens is 4. The van der Waals surface area contributed by atoms with Crippen molar-refractivity contribution in [3.8, 4) is 11.4 Å². The Bertz CT molecular complexity index is 1380. The van der Waals surface area contributed by atoms with Gasteiger partial charge in [-0.25, -0.2) is 4.68 Å². The number of fused-ring (bicyclic) bond motifs is 1. The molecule has 5 rings (SSSR count). The molecule has 0 saturated heterocycles. The number of non-ortho nitro benzene ring substituents is 1. The van der Waals surface area contributed by atoms with Crippen molar-refractivity contribution in [2.24, 2.45) is 0 Å². The third-order valence-corrected chi connectivity index (χ3v) is 6.07. The van der Waals surface area contributed by atoms with E-state index in [1.807, 2.05) is 24.4 Å². The van der Waals surface area contributed by atoms with Crippen LogP contribution in [0.5, 0.6) is 0 Å². The molecule has 164 valence electrons. The van der Waals surface area contributed by atoms with Gasteiger partial charge in [0.25, 0.3) is 11.6 Å². The van der Waals surface area contributed by atoms with E-state index in [4.69, 9.17) is 0 Å². The van der Waals surface area contributed by atoms with Gasteiger partial charge in [-0.15, -0.1) is 16.4 Å². The van der Waals surface area contributed by atoms with Crippen LogP contribution in [0.4, 0.5) is 17.3 Å². The molecule has 2 N–H and O–H groups in total. The second kappa shape index (κ2) is 8.28. The van der Waals surface area contributed by atoms with Crippen molar-refractivity contribution in [1.29, 1.82) is 0 Å². The molecule has 0 aliphatic carbocycles. The standard InChI is InChI=1S/C22H17N7O3S/c1-13-18(21(30)25-15-6-3-9-23-12-15)19(17-8-4-10-33-17)28-22(24-13)26-20(27-28)14-5-2-7-16(11-14)29(31)32/h2-12,19H,1H3,(H,25,30)(H,24,26,27). The molecule has 0 bridgehead atoms. The number of benzene rings is 1. The monoisotopic (exact) mass is 459 g/mol. The summed E-state index contributed by atoms with van der Waals surface area (Å²) in [7, 11) is 0. The number of thiophene rings is 1. The van der Waals surface area contributed by atoms with Gasteiger partial charge in [-0.1, -0.05) is 18.2 Å². The maximum Gasteiger partial charge on any atom is 0.270 e. The smallest absolute Gasteiger partial charge is 0.270 e. The fraction of sp³-hybridized carbons (Fsp3) is 0.0909. The minimum Gasteiger partial charge on any atom is -0.328 e. The van der Waals surface area contributed by atoms with Crippen molar-refractivity contribution >= 4 is 34.6 Å². The zero-order chi connectivity index (χ0) is 22.9. The van der Waals surface area contributed by atoms with Crippen molar-refractivity contribution in [2.45, 2.75) is 13.0 Å². The Hall–Kier alpha value is -4.38. The molecular formula is C22H17N7O3S.